The van der Waals surface area contributed by atoms with Gasteiger partial charge in [-0.25, -0.2) is 4.79 Å². The summed E-state index contributed by atoms with van der Waals surface area (Å²) in [4.78, 5) is 21.3. The van der Waals surface area contributed by atoms with Crippen molar-refractivity contribution in [1.29, 1.82) is 0 Å². The molecule has 3 N–H and O–H groups in total. The lowest BCUT2D eigenvalue weighted by molar-refractivity contribution is -0.384. The topological polar surface area (TPSA) is 121 Å². The number of aliphatic hydroxyl groups is 2. The molecule has 0 saturated heterocycles. The molecule has 0 saturated carbocycles. The second kappa shape index (κ2) is 7.48. The molecule has 0 bridgehead atoms. The summed E-state index contributed by atoms with van der Waals surface area (Å²) in [5, 5.41) is 38.6. The van der Waals surface area contributed by atoms with E-state index in [4.69, 9.17) is 5.11 Å². The van der Waals surface area contributed by atoms with Crippen LogP contribution < -0.4 is 0 Å². The van der Waals surface area contributed by atoms with Crippen molar-refractivity contribution in [2.75, 3.05) is 11.5 Å². The van der Waals surface area contributed by atoms with E-state index in [2.05, 4.69) is 12.6 Å². The van der Waals surface area contributed by atoms with Crippen molar-refractivity contribution < 1.29 is 25.0 Å². The lowest BCUT2D eigenvalue weighted by atomic mass is 10.2. The monoisotopic (exact) mass is 319 g/mol. The molecule has 7 nitrogen and oxygen atoms in total. The van der Waals surface area contributed by atoms with Crippen molar-refractivity contribution in [2.24, 2.45) is 0 Å². The van der Waals surface area contributed by atoms with Crippen molar-refractivity contribution in [3.8, 4) is 0 Å². The summed E-state index contributed by atoms with van der Waals surface area (Å²) in [5.41, 5.74) is -0.528. The van der Waals surface area contributed by atoms with Gasteiger partial charge in [-0.1, -0.05) is 0 Å². The Hall–Kier alpha value is -1.29. The maximum absolute atomic E-state index is 11.1. The van der Waals surface area contributed by atoms with Crippen LogP contribution in [0.5, 0.6) is 0 Å². The molecule has 0 aliphatic heterocycles. The highest BCUT2D eigenvalue weighted by atomic mass is 32.2. The van der Waals surface area contributed by atoms with Crippen LogP contribution >= 0.6 is 24.4 Å². The summed E-state index contributed by atoms with van der Waals surface area (Å²) in [6.07, 6.45) is -2.08. The zero-order valence-corrected chi connectivity index (χ0v) is 11.9. The van der Waals surface area contributed by atoms with Crippen LogP contribution in [0.15, 0.2) is 23.1 Å². The Bertz CT molecular complexity index is 510. The van der Waals surface area contributed by atoms with Gasteiger partial charge in [0.25, 0.3) is 5.69 Å². The molecule has 2 unspecified atom stereocenters. The van der Waals surface area contributed by atoms with Gasteiger partial charge < -0.3 is 15.3 Å². The fourth-order valence-electron chi connectivity index (χ4n) is 1.33. The molecule has 1 rings (SSSR count). The number of non-ortho nitro benzene ring substituents is 1. The molecule has 2 atom stereocenters. The minimum absolute atomic E-state index is 0.0554. The van der Waals surface area contributed by atoms with E-state index in [1.807, 2.05) is 0 Å². The molecule has 0 spiro atoms. The van der Waals surface area contributed by atoms with Gasteiger partial charge in [0.15, 0.2) is 0 Å². The third kappa shape index (κ3) is 4.37. The van der Waals surface area contributed by atoms with Gasteiger partial charge in [0.05, 0.1) is 22.7 Å². The molecular formula is C11H13NO6S2. The van der Waals surface area contributed by atoms with Crippen LogP contribution in [0.4, 0.5) is 5.69 Å². The first kappa shape index (κ1) is 16.8. The molecule has 1 aromatic rings. The van der Waals surface area contributed by atoms with E-state index in [9.17, 15) is 25.1 Å². The largest absolute Gasteiger partial charge is 0.478 e. The van der Waals surface area contributed by atoms with Crippen molar-refractivity contribution in [1.82, 2.24) is 0 Å². The average molecular weight is 319 g/mol. The SMILES string of the molecule is O=C(O)c1cc([N+](=O)[O-])ccc1SCC(O)C(O)CS. The lowest BCUT2D eigenvalue weighted by Crippen LogP contribution is -2.29. The van der Waals surface area contributed by atoms with Gasteiger partial charge in [-0.3, -0.25) is 10.1 Å². The first-order valence-electron chi connectivity index (χ1n) is 5.48. The van der Waals surface area contributed by atoms with Crippen LogP contribution in [-0.4, -0.2) is 49.9 Å². The number of rotatable bonds is 7. The lowest BCUT2D eigenvalue weighted by Gasteiger charge is -2.15. The van der Waals surface area contributed by atoms with E-state index in [-0.39, 0.29) is 27.7 Å². The Labute approximate surface area is 124 Å². The van der Waals surface area contributed by atoms with E-state index in [0.29, 0.717) is 0 Å². The summed E-state index contributed by atoms with van der Waals surface area (Å²) in [5.74, 6) is -1.16. The van der Waals surface area contributed by atoms with Crippen molar-refractivity contribution in [3.63, 3.8) is 0 Å². The summed E-state index contributed by atoms with van der Waals surface area (Å²) in [6, 6.07) is 3.47. The predicted octanol–water partition coefficient (Wildman–Crippen LogP) is 1.04. The third-order valence-electron chi connectivity index (χ3n) is 2.45. The molecule has 0 fully saturated rings. The molecule has 0 aromatic heterocycles. The number of carboxylic acid groups (broad SMARTS) is 1. The van der Waals surface area contributed by atoms with Crippen LogP contribution in [0.2, 0.25) is 0 Å². The summed E-state index contributed by atoms with van der Waals surface area (Å²) >= 11 is 4.84. The molecule has 0 radical (unpaired) electrons. The standard InChI is InChI=1S/C11H13NO6S2/c13-8(4-19)9(14)5-20-10-2-1-6(12(17)18)3-7(10)11(15)16/h1-3,8-9,13-14,19H,4-5H2,(H,15,16). The van der Waals surface area contributed by atoms with Gasteiger partial charge in [0, 0.05) is 28.5 Å². The Morgan fingerprint density at radius 3 is 2.55 bits per heavy atom. The highest BCUT2D eigenvalue weighted by molar-refractivity contribution is 7.99. The molecule has 0 aliphatic carbocycles. The first-order chi connectivity index (χ1) is 9.36. The number of hydrogen-bond donors (Lipinski definition) is 4. The van der Waals surface area contributed by atoms with Crippen LogP contribution in [0, 0.1) is 10.1 Å². The van der Waals surface area contributed by atoms with Gasteiger partial charge in [-0.2, -0.15) is 12.6 Å². The van der Waals surface area contributed by atoms with Gasteiger partial charge in [0.1, 0.15) is 0 Å². The number of benzene rings is 1. The number of carboxylic acids is 1. The van der Waals surface area contributed by atoms with Gasteiger partial charge in [-0.15, -0.1) is 11.8 Å². The summed E-state index contributed by atoms with van der Waals surface area (Å²) in [6.45, 7) is 0. The third-order valence-corrected chi connectivity index (χ3v) is 3.99. The number of thioether (sulfide) groups is 1. The van der Waals surface area contributed by atoms with Gasteiger partial charge in [0.2, 0.25) is 0 Å². The normalized spacial score (nSPS) is 13.8. The molecule has 1 aromatic carbocycles. The second-order valence-corrected chi connectivity index (χ2v) is 5.30. The average Bonchev–Trinajstić information content (AvgIpc) is 2.43. The summed E-state index contributed by atoms with van der Waals surface area (Å²) < 4.78 is 0. The van der Waals surface area contributed by atoms with Gasteiger partial charge >= 0.3 is 5.97 Å². The Kier molecular flexibility index (Phi) is 6.27. The van der Waals surface area contributed by atoms with Gasteiger partial charge in [-0.05, 0) is 6.07 Å². The fourth-order valence-corrected chi connectivity index (χ4v) is 2.61. The van der Waals surface area contributed by atoms with E-state index in [1.54, 1.807) is 0 Å². The molecule has 0 amide bonds. The van der Waals surface area contributed by atoms with Crippen molar-refractivity contribution in [3.05, 3.63) is 33.9 Å². The van der Waals surface area contributed by atoms with E-state index in [0.717, 1.165) is 17.8 Å². The molecule has 0 heterocycles. The Balaban J connectivity index is 2.89. The van der Waals surface area contributed by atoms with Crippen LogP contribution in [-0.2, 0) is 0 Å². The molecule has 20 heavy (non-hydrogen) atoms. The zero-order valence-electron chi connectivity index (χ0n) is 10.2. The predicted molar refractivity (Wildman–Crippen MR) is 76.6 cm³/mol. The summed E-state index contributed by atoms with van der Waals surface area (Å²) in [7, 11) is 0. The smallest absolute Gasteiger partial charge is 0.337 e. The first-order valence-corrected chi connectivity index (χ1v) is 7.10. The van der Waals surface area contributed by atoms with Crippen molar-refractivity contribution in [2.45, 2.75) is 17.1 Å². The van der Waals surface area contributed by atoms with Crippen LogP contribution in [0.1, 0.15) is 10.4 Å². The van der Waals surface area contributed by atoms with Crippen LogP contribution in [0.3, 0.4) is 0 Å². The minimum Gasteiger partial charge on any atom is -0.478 e. The van der Waals surface area contributed by atoms with E-state index in [1.165, 1.54) is 12.1 Å². The zero-order chi connectivity index (χ0) is 15.3. The molecular weight excluding hydrogens is 306 g/mol. The van der Waals surface area contributed by atoms with E-state index >= 15 is 0 Å². The van der Waals surface area contributed by atoms with Crippen LogP contribution in [0.25, 0.3) is 0 Å². The highest BCUT2D eigenvalue weighted by Gasteiger charge is 2.19. The molecule has 9 heteroatoms. The molecule has 110 valence electrons. The number of aliphatic hydroxyl groups excluding tert-OH is 2. The number of hydrogen-bond acceptors (Lipinski definition) is 7. The quantitative estimate of drug-likeness (QED) is 0.256. The number of nitro groups is 1. The number of aromatic carboxylic acids is 1. The Morgan fingerprint density at radius 2 is 2.05 bits per heavy atom. The fraction of sp³-hybridized carbons (Fsp3) is 0.364. The number of nitrogens with zero attached hydrogens (tertiary/aromatic N) is 1. The Morgan fingerprint density at radius 1 is 1.40 bits per heavy atom. The maximum atomic E-state index is 11.1. The van der Waals surface area contributed by atoms with Crippen molar-refractivity contribution >= 4 is 36.0 Å². The maximum Gasteiger partial charge on any atom is 0.337 e. The number of thiol groups is 1. The second-order valence-electron chi connectivity index (χ2n) is 3.87. The van der Waals surface area contributed by atoms with E-state index < -0.39 is 23.1 Å². The number of carbonyl (C=O) groups is 1. The molecule has 0 aliphatic rings. The highest BCUT2D eigenvalue weighted by Crippen LogP contribution is 2.27. The number of nitro benzene ring substituents is 1. The minimum atomic E-state index is -1.29.